The summed E-state index contributed by atoms with van der Waals surface area (Å²) in [6.45, 7) is 0. The Balaban J connectivity index is 1.81. The van der Waals surface area contributed by atoms with Gasteiger partial charge >= 0.3 is 0 Å². The summed E-state index contributed by atoms with van der Waals surface area (Å²) in [5.74, 6) is 0. The minimum absolute atomic E-state index is 0.623. The van der Waals surface area contributed by atoms with E-state index in [0.717, 1.165) is 0 Å². The molecular formula is C10H16O. The topological polar surface area (TPSA) is 12.5 Å². The smallest absolute Gasteiger partial charge is 0.0844 e. The van der Waals surface area contributed by atoms with Gasteiger partial charge in [-0.2, -0.15) is 0 Å². The summed E-state index contributed by atoms with van der Waals surface area (Å²) < 4.78 is 5.52. The number of ether oxygens (including phenoxy) is 1. The molecule has 62 valence electrons. The highest BCUT2D eigenvalue weighted by Gasteiger charge is 2.36. The van der Waals surface area contributed by atoms with Gasteiger partial charge in [-0.1, -0.05) is 18.6 Å². The zero-order chi connectivity index (χ0) is 7.52. The summed E-state index contributed by atoms with van der Waals surface area (Å²) in [6, 6.07) is 0. The second kappa shape index (κ2) is 3.40. The molecule has 1 fully saturated rings. The van der Waals surface area contributed by atoms with Crippen molar-refractivity contribution in [1.82, 2.24) is 0 Å². The molecule has 0 aromatic heterocycles. The number of hydrogen-bond donors (Lipinski definition) is 0. The molecule has 0 saturated carbocycles. The predicted octanol–water partition coefficient (Wildman–Crippen LogP) is 2.66. The van der Waals surface area contributed by atoms with Crippen LogP contribution < -0.4 is 0 Å². The van der Waals surface area contributed by atoms with E-state index in [1.54, 1.807) is 0 Å². The first-order chi connectivity index (χ1) is 5.47. The molecule has 0 N–H and O–H groups in total. The molecule has 2 atom stereocenters. The Morgan fingerprint density at radius 1 is 0.909 bits per heavy atom. The van der Waals surface area contributed by atoms with Crippen LogP contribution in [0.5, 0.6) is 0 Å². The summed E-state index contributed by atoms with van der Waals surface area (Å²) in [7, 11) is 0. The normalized spacial score (nSPS) is 37.8. The maximum absolute atomic E-state index is 5.52. The lowest BCUT2D eigenvalue weighted by Crippen LogP contribution is -1.94. The molecule has 1 nitrogen and oxygen atoms in total. The van der Waals surface area contributed by atoms with Gasteiger partial charge in [0, 0.05) is 0 Å². The van der Waals surface area contributed by atoms with E-state index in [0.29, 0.717) is 12.2 Å². The van der Waals surface area contributed by atoms with Crippen LogP contribution in [0.15, 0.2) is 12.2 Å². The number of rotatable bonds is 0. The van der Waals surface area contributed by atoms with Gasteiger partial charge in [0.15, 0.2) is 0 Å². The molecule has 0 bridgehead atoms. The Kier molecular flexibility index (Phi) is 2.27. The fraction of sp³-hybridized carbons (Fsp3) is 0.800. The Labute approximate surface area is 68.4 Å². The lowest BCUT2D eigenvalue weighted by molar-refractivity contribution is 0.354. The fourth-order valence-corrected chi connectivity index (χ4v) is 1.79. The van der Waals surface area contributed by atoms with E-state index < -0.39 is 0 Å². The van der Waals surface area contributed by atoms with Crippen molar-refractivity contribution in [3.8, 4) is 0 Å². The third-order valence-electron chi connectivity index (χ3n) is 2.58. The number of fused-ring (bicyclic) bond motifs is 1. The molecule has 0 aromatic carbocycles. The molecular weight excluding hydrogens is 136 g/mol. The maximum Gasteiger partial charge on any atom is 0.0844 e. The van der Waals surface area contributed by atoms with E-state index in [1.165, 1.54) is 38.5 Å². The molecule has 11 heavy (non-hydrogen) atoms. The highest BCUT2D eigenvalue weighted by molar-refractivity contribution is 4.90. The standard InChI is InChI=1S/C10H16O/c1-2-4-6-8-10-9(11-10)7-5-3-1/h1,3,9-10H,2,4-8H2. The molecule has 0 aromatic rings. The molecule has 1 heterocycles. The van der Waals surface area contributed by atoms with Crippen LogP contribution in [0.4, 0.5) is 0 Å². The molecule has 1 heteroatoms. The van der Waals surface area contributed by atoms with Crippen LogP contribution in [-0.4, -0.2) is 12.2 Å². The number of hydrogen-bond acceptors (Lipinski definition) is 1. The highest BCUT2D eigenvalue weighted by atomic mass is 16.6. The van der Waals surface area contributed by atoms with Crippen LogP contribution in [0.1, 0.15) is 38.5 Å². The van der Waals surface area contributed by atoms with Crippen LogP contribution in [0, 0.1) is 0 Å². The fourth-order valence-electron chi connectivity index (χ4n) is 1.79. The van der Waals surface area contributed by atoms with Gasteiger partial charge in [0.1, 0.15) is 0 Å². The van der Waals surface area contributed by atoms with Gasteiger partial charge < -0.3 is 4.74 Å². The molecule has 0 amide bonds. The number of allylic oxidation sites excluding steroid dienone is 2. The highest BCUT2D eigenvalue weighted by Crippen LogP contribution is 2.31. The SMILES string of the molecule is C1=CCCC2OC2CCCC1. The van der Waals surface area contributed by atoms with Crippen molar-refractivity contribution in [2.45, 2.75) is 50.7 Å². The van der Waals surface area contributed by atoms with Gasteiger partial charge in [0.2, 0.25) is 0 Å². The molecule has 1 aliphatic heterocycles. The largest absolute Gasteiger partial charge is 0.370 e. The van der Waals surface area contributed by atoms with Gasteiger partial charge in [-0.3, -0.25) is 0 Å². The zero-order valence-electron chi connectivity index (χ0n) is 6.96. The van der Waals surface area contributed by atoms with E-state index in [4.69, 9.17) is 4.74 Å². The first-order valence-corrected chi connectivity index (χ1v) is 4.77. The van der Waals surface area contributed by atoms with Gasteiger partial charge in [-0.25, -0.2) is 0 Å². The first kappa shape index (κ1) is 7.35. The van der Waals surface area contributed by atoms with E-state index in [-0.39, 0.29) is 0 Å². The maximum atomic E-state index is 5.52. The molecule has 0 spiro atoms. The summed E-state index contributed by atoms with van der Waals surface area (Å²) in [5, 5.41) is 0. The van der Waals surface area contributed by atoms with Gasteiger partial charge in [-0.05, 0) is 32.1 Å². The molecule has 2 rings (SSSR count). The monoisotopic (exact) mass is 152 g/mol. The first-order valence-electron chi connectivity index (χ1n) is 4.77. The summed E-state index contributed by atoms with van der Waals surface area (Å²) in [6.07, 6.45) is 13.7. The van der Waals surface area contributed by atoms with Crippen molar-refractivity contribution in [3.05, 3.63) is 12.2 Å². The lowest BCUT2D eigenvalue weighted by atomic mass is 10.1. The molecule has 1 aliphatic carbocycles. The van der Waals surface area contributed by atoms with Crippen LogP contribution >= 0.6 is 0 Å². The van der Waals surface area contributed by atoms with Crippen molar-refractivity contribution >= 4 is 0 Å². The minimum Gasteiger partial charge on any atom is -0.370 e. The Bertz CT molecular complexity index is 151. The quantitative estimate of drug-likeness (QED) is 0.384. The minimum atomic E-state index is 0.623. The average Bonchev–Trinajstić information content (AvgIpc) is 2.76. The van der Waals surface area contributed by atoms with Crippen LogP contribution in [-0.2, 0) is 4.74 Å². The average molecular weight is 152 g/mol. The van der Waals surface area contributed by atoms with E-state index in [2.05, 4.69) is 12.2 Å². The third kappa shape index (κ3) is 2.06. The van der Waals surface area contributed by atoms with Crippen LogP contribution in [0.2, 0.25) is 0 Å². The lowest BCUT2D eigenvalue weighted by Gasteiger charge is -1.97. The van der Waals surface area contributed by atoms with E-state index in [9.17, 15) is 0 Å². The van der Waals surface area contributed by atoms with Gasteiger partial charge in [0.05, 0.1) is 12.2 Å². The molecule has 1 saturated heterocycles. The van der Waals surface area contributed by atoms with E-state index >= 15 is 0 Å². The van der Waals surface area contributed by atoms with Gasteiger partial charge in [0.25, 0.3) is 0 Å². The predicted molar refractivity (Wildman–Crippen MR) is 45.5 cm³/mol. The van der Waals surface area contributed by atoms with Gasteiger partial charge in [-0.15, -0.1) is 0 Å². The Morgan fingerprint density at radius 2 is 1.73 bits per heavy atom. The Morgan fingerprint density at radius 3 is 2.73 bits per heavy atom. The van der Waals surface area contributed by atoms with Crippen molar-refractivity contribution in [2.75, 3.05) is 0 Å². The number of epoxide rings is 1. The second-order valence-electron chi connectivity index (χ2n) is 3.55. The molecule has 2 aliphatic rings. The summed E-state index contributed by atoms with van der Waals surface area (Å²) in [5.41, 5.74) is 0. The van der Waals surface area contributed by atoms with E-state index in [1.807, 2.05) is 0 Å². The van der Waals surface area contributed by atoms with Crippen molar-refractivity contribution in [3.63, 3.8) is 0 Å². The Hall–Kier alpha value is -0.300. The third-order valence-corrected chi connectivity index (χ3v) is 2.58. The van der Waals surface area contributed by atoms with Crippen molar-refractivity contribution in [2.24, 2.45) is 0 Å². The van der Waals surface area contributed by atoms with Crippen molar-refractivity contribution < 1.29 is 4.74 Å². The second-order valence-corrected chi connectivity index (χ2v) is 3.55. The van der Waals surface area contributed by atoms with Crippen LogP contribution in [0.3, 0.4) is 0 Å². The summed E-state index contributed by atoms with van der Waals surface area (Å²) in [4.78, 5) is 0. The molecule has 0 radical (unpaired) electrons. The molecule has 2 unspecified atom stereocenters. The summed E-state index contributed by atoms with van der Waals surface area (Å²) >= 11 is 0. The zero-order valence-corrected chi connectivity index (χ0v) is 6.96. The van der Waals surface area contributed by atoms with Crippen molar-refractivity contribution in [1.29, 1.82) is 0 Å². The van der Waals surface area contributed by atoms with Crippen LogP contribution in [0.25, 0.3) is 0 Å².